The van der Waals surface area contributed by atoms with Crippen molar-refractivity contribution in [2.45, 2.75) is 42.9 Å². The van der Waals surface area contributed by atoms with Gasteiger partial charge in [-0.2, -0.15) is 0 Å². The van der Waals surface area contributed by atoms with Crippen LogP contribution in [-0.2, 0) is 14.6 Å². The van der Waals surface area contributed by atoms with Gasteiger partial charge in [0.2, 0.25) is 5.91 Å². The molecule has 3 aromatic rings. The predicted octanol–water partition coefficient (Wildman–Crippen LogP) is 5.42. The second-order valence-corrected chi connectivity index (χ2v) is 11.3. The smallest absolute Gasteiger partial charge is 0.233 e. The van der Waals surface area contributed by atoms with Gasteiger partial charge >= 0.3 is 0 Å². The Kier molecular flexibility index (Phi) is 8.03. The molecule has 1 atom stereocenters. The molecule has 1 unspecified atom stereocenters. The largest absolute Gasteiger partial charge is 0.497 e. The van der Waals surface area contributed by atoms with Crippen LogP contribution in [0.4, 0.5) is 5.82 Å². The van der Waals surface area contributed by atoms with E-state index >= 15 is 0 Å². The Morgan fingerprint density at radius 1 is 1.11 bits per heavy atom. The molecule has 0 radical (unpaired) electrons. The van der Waals surface area contributed by atoms with E-state index in [1.165, 1.54) is 12.3 Å². The normalized spacial score (nSPS) is 15.0. The van der Waals surface area contributed by atoms with Crippen molar-refractivity contribution in [2.24, 2.45) is 5.92 Å². The van der Waals surface area contributed by atoms with E-state index in [2.05, 4.69) is 15.3 Å². The second kappa shape index (κ2) is 11.2. The molecule has 1 N–H and O–H groups in total. The number of hydrogen-bond acceptors (Lipinski definition) is 6. The monoisotopic (exact) mass is 513 g/mol. The summed E-state index contributed by atoms with van der Waals surface area (Å²) < 4.78 is 29.9. The van der Waals surface area contributed by atoms with Crippen LogP contribution < -0.4 is 10.1 Å². The molecule has 1 saturated carbocycles. The van der Waals surface area contributed by atoms with Gasteiger partial charge in [0.1, 0.15) is 11.0 Å². The third kappa shape index (κ3) is 6.18. The maximum atomic E-state index is 13.4. The summed E-state index contributed by atoms with van der Waals surface area (Å²) in [6, 6.07) is 14.0. The van der Waals surface area contributed by atoms with Crippen LogP contribution in [0.25, 0.3) is 11.3 Å². The third-order valence-corrected chi connectivity index (χ3v) is 8.51. The number of methoxy groups -OCH3 is 1. The van der Waals surface area contributed by atoms with Crippen molar-refractivity contribution in [2.75, 3.05) is 17.6 Å². The SMILES string of the molecule is COc1cccc(-c2cnc(NC(=O)C(CC3CCCC3)c3cccc(S(=O)(=O)CCl)c3)cn2)c1. The van der Waals surface area contributed by atoms with Crippen molar-refractivity contribution in [1.82, 2.24) is 9.97 Å². The van der Waals surface area contributed by atoms with Gasteiger partial charge in [-0.1, -0.05) is 49.9 Å². The maximum absolute atomic E-state index is 13.4. The van der Waals surface area contributed by atoms with Gasteiger partial charge in [-0.15, -0.1) is 11.6 Å². The van der Waals surface area contributed by atoms with E-state index in [4.69, 9.17) is 16.3 Å². The Morgan fingerprint density at radius 2 is 1.89 bits per heavy atom. The molecule has 2 aromatic carbocycles. The number of carbonyl (C=O) groups excluding carboxylic acids is 1. The van der Waals surface area contributed by atoms with Crippen molar-refractivity contribution in [1.29, 1.82) is 0 Å². The number of sulfone groups is 1. The number of anilines is 1. The molecule has 1 aromatic heterocycles. The first-order chi connectivity index (χ1) is 16.9. The fraction of sp³-hybridized carbons (Fsp3) is 0.346. The van der Waals surface area contributed by atoms with Crippen molar-refractivity contribution >= 4 is 33.2 Å². The summed E-state index contributed by atoms with van der Waals surface area (Å²) in [5, 5.41) is 2.37. The molecule has 1 amide bonds. The van der Waals surface area contributed by atoms with Gasteiger partial charge in [-0.3, -0.25) is 9.78 Å². The zero-order valence-electron chi connectivity index (χ0n) is 19.5. The number of halogens is 1. The second-order valence-electron chi connectivity index (χ2n) is 8.74. The molecule has 1 aliphatic carbocycles. The fourth-order valence-electron chi connectivity index (χ4n) is 4.50. The molecule has 4 rings (SSSR count). The van der Waals surface area contributed by atoms with Crippen LogP contribution in [-0.4, -0.2) is 36.6 Å². The first-order valence-corrected chi connectivity index (χ1v) is 13.7. The van der Waals surface area contributed by atoms with Gasteiger partial charge in [-0.05, 0) is 42.2 Å². The number of carbonyl (C=O) groups is 1. The highest BCUT2D eigenvalue weighted by Gasteiger charge is 2.28. The molecule has 0 bridgehead atoms. The van der Waals surface area contributed by atoms with Gasteiger partial charge in [0, 0.05) is 5.56 Å². The number of rotatable bonds is 9. The number of aromatic nitrogens is 2. The summed E-state index contributed by atoms with van der Waals surface area (Å²) in [6.07, 6.45) is 8.20. The van der Waals surface area contributed by atoms with Crippen LogP contribution in [0.5, 0.6) is 5.75 Å². The summed E-state index contributed by atoms with van der Waals surface area (Å²) >= 11 is 5.65. The van der Waals surface area contributed by atoms with Crippen LogP contribution in [0.15, 0.2) is 65.8 Å². The minimum absolute atomic E-state index is 0.122. The van der Waals surface area contributed by atoms with E-state index in [9.17, 15) is 13.2 Å². The minimum atomic E-state index is -3.60. The standard InChI is InChI=1S/C26H28ClN3O4S/c1-34-21-10-4-9-20(13-21)24-15-29-25(16-28-24)30-26(31)23(12-18-6-2-3-7-18)19-8-5-11-22(14-19)35(32,33)17-27/h4-5,8-11,13-16,18,23H,2-3,6-7,12,17H2,1H3,(H,29,30,31). The van der Waals surface area contributed by atoms with Crippen LogP contribution >= 0.6 is 11.6 Å². The topological polar surface area (TPSA) is 98.2 Å². The van der Waals surface area contributed by atoms with Gasteiger partial charge in [-0.25, -0.2) is 13.4 Å². The highest BCUT2D eigenvalue weighted by atomic mass is 35.5. The Hall–Kier alpha value is -2.97. The quantitative estimate of drug-likeness (QED) is 0.383. The molecule has 35 heavy (non-hydrogen) atoms. The van der Waals surface area contributed by atoms with Gasteiger partial charge < -0.3 is 10.1 Å². The number of nitrogens with zero attached hydrogens (tertiary/aromatic N) is 2. The molecular weight excluding hydrogens is 486 g/mol. The van der Waals surface area contributed by atoms with E-state index in [0.717, 1.165) is 37.0 Å². The molecule has 7 nitrogen and oxygen atoms in total. The van der Waals surface area contributed by atoms with Crippen molar-refractivity contribution in [3.05, 3.63) is 66.5 Å². The first kappa shape index (κ1) is 25.1. The summed E-state index contributed by atoms with van der Waals surface area (Å²) in [5.74, 6) is 0.724. The van der Waals surface area contributed by atoms with E-state index in [0.29, 0.717) is 29.4 Å². The lowest BCUT2D eigenvalue weighted by Gasteiger charge is -2.21. The van der Waals surface area contributed by atoms with E-state index in [1.54, 1.807) is 31.5 Å². The van der Waals surface area contributed by atoms with Crippen molar-refractivity contribution in [3.63, 3.8) is 0 Å². The molecule has 0 aliphatic heterocycles. The van der Waals surface area contributed by atoms with Crippen molar-refractivity contribution in [3.8, 4) is 17.0 Å². The average Bonchev–Trinajstić information content (AvgIpc) is 3.41. The third-order valence-electron chi connectivity index (χ3n) is 6.39. The minimum Gasteiger partial charge on any atom is -0.497 e. The number of nitrogens with one attached hydrogen (secondary N) is 1. The molecule has 1 heterocycles. The van der Waals surface area contributed by atoms with Crippen LogP contribution in [0.1, 0.15) is 43.6 Å². The Labute approximate surface area is 210 Å². The lowest BCUT2D eigenvalue weighted by Crippen LogP contribution is -2.24. The number of amides is 1. The number of alkyl halides is 1. The molecule has 9 heteroatoms. The Morgan fingerprint density at radius 3 is 2.57 bits per heavy atom. The zero-order chi connectivity index (χ0) is 24.8. The highest BCUT2D eigenvalue weighted by molar-refractivity contribution is 7.92. The highest BCUT2D eigenvalue weighted by Crippen LogP contribution is 2.35. The lowest BCUT2D eigenvalue weighted by atomic mass is 9.87. The summed E-state index contributed by atoms with van der Waals surface area (Å²) in [6.45, 7) is 0. The summed E-state index contributed by atoms with van der Waals surface area (Å²) in [5.41, 5.74) is 2.16. The molecule has 0 spiro atoms. The number of hydrogen-bond donors (Lipinski definition) is 1. The average molecular weight is 514 g/mol. The maximum Gasteiger partial charge on any atom is 0.233 e. The zero-order valence-corrected chi connectivity index (χ0v) is 21.1. The number of ether oxygens (including phenoxy) is 1. The van der Waals surface area contributed by atoms with Crippen LogP contribution in [0.2, 0.25) is 0 Å². The van der Waals surface area contributed by atoms with E-state index in [1.807, 2.05) is 24.3 Å². The van der Waals surface area contributed by atoms with Gasteiger partial charge in [0.05, 0.1) is 36.0 Å². The van der Waals surface area contributed by atoms with Crippen LogP contribution in [0.3, 0.4) is 0 Å². The molecule has 0 saturated heterocycles. The summed E-state index contributed by atoms with van der Waals surface area (Å²) in [7, 11) is -2.00. The Bertz CT molecular complexity index is 1280. The molecule has 184 valence electrons. The molecule has 1 aliphatic rings. The van der Waals surface area contributed by atoms with E-state index in [-0.39, 0.29) is 10.8 Å². The number of benzene rings is 2. The lowest BCUT2D eigenvalue weighted by molar-refractivity contribution is -0.118. The fourth-order valence-corrected chi connectivity index (χ4v) is 5.60. The molecular formula is C26H28ClN3O4S. The predicted molar refractivity (Wildman–Crippen MR) is 136 cm³/mol. The summed E-state index contributed by atoms with van der Waals surface area (Å²) in [4.78, 5) is 22.3. The van der Waals surface area contributed by atoms with Crippen LogP contribution in [0, 0.1) is 5.92 Å². The first-order valence-electron chi connectivity index (χ1n) is 11.6. The van der Waals surface area contributed by atoms with Gasteiger partial charge in [0.25, 0.3) is 0 Å². The Balaban J connectivity index is 1.56. The van der Waals surface area contributed by atoms with E-state index < -0.39 is 21.0 Å². The van der Waals surface area contributed by atoms with Crippen molar-refractivity contribution < 1.29 is 17.9 Å². The molecule has 1 fully saturated rings. The van der Waals surface area contributed by atoms with Gasteiger partial charge in [0.15, 0.2) is 15.7 Å².